The van der Waals surface area contributed by atoms with Crippen molar-refractivity contribution in [3.05, 3.63) is 49.2 Å². The fourth-order valence-electron chi connectivity index (χ4n) is 2.07. The van der Waals surface area contributed by atoms with E-state index in [1.807, 2.05) is 6.92 Å². The quantitative estimate of drug-likeness (QED) is 0.777. The molecule has 0 radical (unpaired) electrons. The molecule has 1 aromatic carbocycles. The minimum atomic E-state index is -0.723. The van der Waals surface area contributed by atoms with Crippen molar-refractivity contribution >= 4 is 11.8 Å². The molecule has 19 heavy (non-hydrogen) atoms. The first-order valence-corrected chi connectivity index (χ1v) is 5.99. The Morgan fingerprint density at radius 1 is 1.42 bits per heavy atom. The van der Waals surface area contributed by atoms with E-state index in [2.05, 4.69) is 13.2 Å². The minimum Gasteiger partial charge on any atom is -0.497 e. The van der Waals surface area contributed by atoms with Crippen LogP contribution in [0.4, 0.5) is 10.5 Å². The molecule has 1 saturated heterocycles. The monoisotopic (exact) mass is 259 g/mol. The van der Waals surface area contributed by atoms with Gasteiger partial charge in [-0.1, -0.05) is 12.7 Å². The summed E-state index contributed by atoms with van der Waals surface area (Å²) in [5, 5.41) is 0. The number of hydrogen-bond acceptors (Lipinski definition) is 3. The molecule has 0 saturated carbocycles. The first-order valence-electron chi connectivity index (χ1n) is 5.99. The van der Waals surface area contributed by atoms with Gasteiger partial charge in [0.1, 0.15) is 5.75 Å². The van der Waals surface area contributed by atoms with Crippen molar-refractivity contribution in [3.63, 3.8) is 0 Å². The topological polar surface area (TPSA) is 38.8 Å². The van der Waals surface area contributed by atoms with Crippen LogP contribution in [0.2, 0.25) is 0 Å². The molecule has 2 rings (SSSR count). The van der Waals surface area contributed by atoms with Gasteiger partial charge in [0.25, 0.3) is 0 Å². The molecule has 0 spiro atoms. The van der Waals surface area contributed by atoms with Crippen molar-refractivity contribution in [3.8, 4) is 5.75 Å². The summed E-state index contributed by atoms with van der Waals surface area (Å²) in [5.74, 6) is 0.732. The summed E-state index contributed by atoms with van der Waals surface area (Å²) in [6, 6.07) is 7.17. The smallest absolute Gasteiger partial charge is 0.419 e. The molecule has 1 aliphatic rings. The molecule has 0 aliphatic carbocycles. The summed E-state index contributed by atoms with van der Waals surface area (Å²) in [7, 11) is 1.60. The number of ether oxygens (including phenoxy) is 2. The van der Waals surface area contributed by atoms with Crippen molar-refractivity contribution in [1.29, 1.82) is 0 Å². The summed E-state index contributed by atoms with van der Waals surface area (Å²) >= 11 is 0. The van der Waals surface area contributed by atoms with Gasteiger partial charge in [-0.2, -0.15) is 0 Å². The Morgan fingerprint density at radius 3 is 2.58 bits per heavy atom. The lowest BCUT2D eigenvalue weighted by Crippen LogP contribution is -2.27. The van der Waals surface area contributed by atoms with Gasteiger partial charge < -0.3 is 9.47 Å². The number of rotatable bonds is 4. The predicted molar refractivity (Wildman–Crippen MR) is 74.3 cm³/mol. The predicted octanol–water partition coefficient (Wildman–Crippen LogP) is 3.50. The van der Waals surface area contributed by atoms with Crippen molar-refractivity contribution < 1.29 is 14.3 Å². The third-order valence-electron chi connectivity index (χ3n) is 3.24. The van der Waals surface area contributed by atoms with Gasteiger partial charge in [-0.15, -0.1) is 6.58 Å². The number of methoxy groups -OCH3 is 1. The van der Waals surface area contributed by atoms with Gasteiger partial charge in [0, 0.05) is 6.42 Å². The van der Waals surface area contributed by atoms with Gasteiger partial charge in [0.05, 0.1) is 18.5 Å². The van der Waals surface area contributed by atoms with Gasteiger partial charge in [0.15, 0.2) is 5.60 Å². The molecule has 0 N–H and O–H groups in total. The Bertz CT molecular complexity index is 521. The molecule has 4 nitrogen and oxygen atoms in total. The number of benzene rings is 1. The number of hydrogen-bond donors (Lipinski definition) is 0. The van der Waals surface area contributed by atoms with Crippen LogP contribution in [0.1, 0.15) is 13.3 Å². The lowest BCUT2D eigenvalue weighted by Gasteiger charge is -2.22. The summed E-state index contributed by atoms with van der Waals surface area (Å²) in [5.41, 5.74) is 0.602. The van der Waals surface area contributed by atoms with Crippen molar-refractivity contribution in [1.82, 2.24) is 0 Å². The fourth-order valence-corrected chi connectivity index (χ4v) is 2.07. The van der Waals surface area contributed by atoms with E-state index in [-0.39, 0.29) is 0 Å². The van der Waals surface area contributed by atoms with Crippen LogP contribution in [0.15, 0.2) is 49.2 Å². The second-order valence-corrected chi connectivity index (χ2v) is 4.57. The van der Waals surface area contributed by atoms with Crippen molar-refractivity contribution in [2.24, 2.45) is 0 Å². The van der Waals surface area contributed by atoms with Gasteiger partial charge in [-0.25, -0.2) is 9.69 Å². The molecule has 100 valence electrons. The maximum absolute atomic E-state index is 12.0. The first-order chi connectivity index (χ1) is 9.01. The molecule has 0 aromatic heterocycles. The van der Waals surface area contributed by atoms with E-state index in [1.54, 1.807) is 37.5 Å². The number of carbonyl (C=O) groups excluding carboxylic acids is 1. The Hall–Kier alpha value is -2.23. The summed E-state index contributed by atoms with van der Waals surface area (Å²) < 4.78 is 10.5. The molecule has 0 bridgehead atoms. The number of anilines is 1. The number of nitrogens with zero attached hydrogens (tertiary/aromatic N) is 1. The van der Waals surface area contributed by atoms with Gasteiger partial charge in [-0.3, -0.25) is 0 Å². The Kier molecular flexibility index (Phi) is 3.34. The highest BCUT2D eigenvalue weighted by molar-refractivity contribution is 5.95. The van der Waals surface area contributed by atoms with E-state index in [4.69, 9.17) is 9.47 Å². The standard InChI is InChI=1S/C15H17NO3/c1-5-10-15(3)11(2)16(14(17)19-15)12-6-8-13(18-4)9-7-12/h5-9H,1-2,10H2,3-4H3. The van der Waals surface area contributed by atoms with E-state index in [1.165, 1.54) is 4.90 Å². The minimum absolute atomic E-state index is 0.417. The molecule has 1 heterocycles. The van der Waals surface area contributed by atoms with Gasteiger partial charge >= 0.3 is 6.09 Å². The Balaban J connectivity index is 2.31. The van der Waals surface area contributed by atoms with E-state index >= 15 is 0 Å². The fraction of sp³-hybridized carbons (Fsp3) is 0.267. The number of cyclic esters (lactones) is 1. The van der Waals surface area contributed by atoms with Gasteiger partial charge in [0.2, 0.25) is 0 Å². The molecule has 1 unspecified atom stereocenters. The van der Waals surface area contributed by atoms with Crippen LogP contribution in [0, 0.1) is 0 Å². The summed E-state index contributed by atoms with van der Waals surface area (Å²) in [6.45, 7) is 9.49. The molecule has 1 aliphatic heterocycles. The van der Waals surface area contributed by atoms with Crippen molar-refractivity contribution in [2.75, 3.05) is 12.0 Å². The third-order valence-corrected chi connectivity index (χ3v) is 3.24. The highest BCUT2D eigenvalue weighted by atomic mass is 16.6. The zero-order valence-corrected chi connectivity index (χ0v) is 11.2. The molecular weight excluding hydrogens is 242 g/mol. The van der Waals surface area contributed by atoms with E-state index < -0.39 is 11.7 Å². The number of amides is 1. The van der Waals surface area contributed by atoms with Crippen LogP contribution in [0.3, 0.4) is 0 Å². The number of carbonyl (C=O) groups is 1. The van der Waals surface area contributed by atoms with E-state index in [0.29, 0.717) is 17.8 Å². The zero-order valence-electron chi connectivity index (χ0n) is 11.2. The zero-order chi connectivity index (χ0) is 14.0. The average molecular weight is 259 g/mol. The third kappa shape index (κ3) is 2.21. The molecular formula is C15H17NO3. The Morgan fingerprint density at radius 2 is 2.05 bits per heavy atom. The molecule has 1 fully saturated rings. The van der Waals surface area contributed by atoms with E-state index in [0.717, 1.165) is 5.75 Å². The van der Waals surface area contributed by atoms with Crippen molar-refractivity contribution in [2.45, 2.75) is 18.9 Å². The maximum Gasteiger partial charge on any atom is 0.419 e. The maximum atomic E-state index is 12.0. The normalized spacial score (nSPS) is 22.3. The van der Waals surface area contributed by atoms with Crippen LogP contribution < -0.4 is 9.64 Å². The molecule has 1 amide bonds. The summed E-state index contributed by atoms with van der Waals surface area (Å²) in [6.07, 6.45) is 1.83. The second kappa shape index (κ2) is 4.80. The largest absolute Gasteiger partial charge is 0.497 e. The highest BCUT2D eigenvalue weighted by Gasteiger charge is 2.45. The summed E-state index contributed by atoms with van der Waals surface area (Å²) in [4.78, 5) is 13.5. The van der Waals surface area contributed by atoms with Crippen LogP contribution in [0.25, 0.3) is 0 Å². The van der Waals surface area contributed by atoms with Crippen LogP contribution in [-0.2, 0) is 4.74 Å². The average Bonchev–Trinajstić information content (AvgIpc) is 2.61. The molecule has 1 aromatic rings. The second-order valence-electron chi connectivity index (χ2n) is 4.57. The van der Waals surface area contributed by atoms with Gasteiger partial charge in [-0.05, 0) is 31.2 Å². The lowest BCUT2D eigenvalue weighted by molar-refractivity contribution is 0.0874. The van der Waals surface area contributed by atoms with Crippen LogP contribution in [0.5, 0.6) is 5.75 Å². The molecule has 4 heteroatoms. The highest BCUT2D eigenvalue weighted by Crippen LogP contribution is 2.38. The van der Waals surface area contributed by atoms with Crippen LogP contribution >= 0.6 is 0 Å². The van der Waals surface area contributed by atoms with Crippen LogP contribution in [-0.4, -0.2) is 18.8 Å². The molecule has 1 atom stereocenters. The first kappa shape index (κ1) is 13.2. The lowest BCUT2D eigenvalue weighted by atomic mass is 9.99. The SMILES string of the molecule is C=CCC1(C)OC(=O)N(c2ccc(OC)cc2)C1=C. The van der Waals surface area contributed by atoms with E-state index in [9.17, 15) is 4.79 Å². The Labute approximate surface area is 112 Å².